The molecule has 0 aliphatic heterocycles. The minimum Gasteiger partial charge on any atom is -0.462 e. The summed E-state index contributed by atoms with van der Waals surface area (Å²) in [6.45, 7) is 3.92. The van der Waals surface area contributed by atoms with Crippen LogP contribution in [0.25, 0.3) is 0 Å². The number of anilines is 1. The van der Waals surface area contributed by atoms with Gasteiger partial charge in [0, 0.05) is 10.7 Å². The second-order valence-corrected chi connectivity index (χ2v) is 7.82. The Balaban J connectivity index is 2.21. The lowest BCUT2D eigenvalue weighted by atomic mass is 10.2. The summed E-state index contributed by atoms with van der Waals surface area (Å²) in [6.07, 6.45) is 0.727. The smallest absolute Gasteiger partial charge is 0.338 e. The molecular weight excluding hydrogens is 385 g/mol. The maximum atomic E-state index is 12.5. The number of rotatable bonds is 6. The molecule has 2 aromatic carbocycles. The highest BCUT2D eigenvalue weighted by atomic mass is 35.5. The fourth-order valence-corrected chi connectivity index (χ4v) is 3.89. The van der Waals surface area contributed by atoms with Crippen molar-refractivity contribution in [2.75, 3.05) is 11.3 Å². The highest BCUT2D eigenvalue weighted by Crippen LogP contribution is 2.29. The molecule has 0 amide bonds. The Morgan fingerprint density at radius 2 is 1.76 bits per heavy atom. The van der Waals surface area contributed by atoms with Gasteiger partial charge in [-0.2, -0.15) is 0 Å². The van der Waals surface area contributed by atoms with E-state index >= 15 is 0 Å². The van der Waals surface area contributed by atoms with Crippen molar-refractivity contribution < 1.29 is 17.9 Å². The maximum absolute atomic E-state index is 12.5. The molecule has 0 aliphatic rings. The second-order valence-electron chi connectivity index (χ2n) is 5.35. The van der Waals surface area contributed by atoms with Crippen molar-refractivity contribution in [1.82, 2.24) is 0 Å². The quantitative estimate of drug-likeness (QED) is 0.713. The van der Waals surface area contributed by atoms with Crippen molar-refractivity contribution in [2.24, 2.45) is 0 Å². The first-order valence-corrected chi connectivity index (χ1v) is 9.74. The normalized spacial score (nSPS) is 11.2. The van der Waals surface area contributed by atoms with Gasteiger partial charge >= 0.3 is 5.97 Å². The van der Waals surface area contributed by atoms with Crippen LogP contribution in [0.3, 0.4) is 0 Å². The minimum atomic E-state index is -3.89. The van der Waals surface area contributed by atoms with Gasteiger partial charge in [0.15, 0.2) is 0 Å². The van der Waals surface area contributed by atoms with Crippen molar-refractivity contribution in [3.63, 3.8) is 0 Å². The Kier molecular flexibility index (Phi) is 6.32. The van der Waals surface area contributed by atoms with Gasteiger partial charge in [0.05, 0.1) is 17.2 Å². The molecule has 1 N–H and O–H groups in total. The van der Waals surface area contributed by atoms with Crippen LogP contribution in [0.1, 0.15) is 29.3 Å². The molecule has 134 valence electrons. The molecule has 2 rings (SSSR count). The number of sulfonamides is 1. The molecule has 0 radical (unpaired) electrons. The zero-order chi connectivity index (χ0) is 18.6. The third kappa shape index (κ3) is 4.87. The maximum Gasteiger partial charge on any atom is 0.338 e. The van der Waals surface area contributed by atoms with E-state index in [1.165, 1.54) is 36.4 Å². The van der Waals surface area contributed by atoms with Crippen LogP contribution in [0.4, 0.5) is 5.69 Å². The molecule has 0 aromatic heterocycles. The van der Waals surface area contributed by atoms with E-state index in [2.05, 4.69) is 4.72 Å². The topological polar surface area (TPSA) is 72.5 Å². The van der Waals surface area contributed by atoms with E-state index in [1.807, 2.05) is 6.92 Å². The van der Waals surface area contributed by atoms with Crippen LogP contribution in [0.2, 0.25) is 10.0 Å². The van der Waals surface area contributed by atoms with Gasteiger partial charge in [-0.1, -0.05) is 30.1 Å². The molecule has 2 aromatic rings. The van der Waals surface area contributed by atoms with Crippen LogP contribution in [-0.4, -0.2) is 21.0 Å². The summed E-state index contributed by atoms with van der Waals surface area (Å²) in [5.74, 6) is -0.451. The lowest BCUT2D eigenvalue weighted by Crippen LogP contribution is -2.14. The molecule has 0 bridgehead atoms. The Morgan fingerprint density at radius 3 is 2.36 bits per heavy atom. The van der Waals surface area contributed by atoms with Crippen LogP contribution >= 0.6 is 23.2 Å². The number of benzene rings is 2. The van der Waals surface area contributed by atoms with Gasteiger partial charge in [-0.05, 0) is 55.3 Å². The summed E-state index contributed by atoms with van der Waals surface area (Å²) in [5, 5.41) is 0.418. The largest absolute Gasteiger partial charge is 0.462 e. The zero-order valence-corrected chi connectivity index (χ0v) is 16.0. The number of ether oxygens (including phenoxy) is 1. The van der Waals surface area contributed by atoms with E-state index in [-0.39, 0.29) is 9.92 Å². The monoisotopic (exact) mass is 401 g/mol. The molecule has 0 unspecified atom stereocenters. The Bertz CT molecular complexity index is 880. The average molecular weight is 402 g/mol. The fraction of sp³-hybridized carbons (Fsp3) is 0.235. The standard InChI is InChI=1S/C17H17Cl2NO4S/c1-3-8-24-17(21)12-4-6-13(7-5-12)20-25(22,23)16-9-11(2)14(18)10-15(16)19/h4-7,9-10,20H,3,8H2,1-2H3. The highest BCUT2D eigenvalue weighted by Gasteiger charge is 2.20. The molecule has 8 heteroatoms. The summed E-state index contributed by atoms with van der Waals surface area (Å²) in [6, 6.07) is 8.74. The van der Waals surface area contributed by atoms with E-state index in [1.54, 1.807) is 6.92 Å². The molecule has 0 aliphatic carbocycles. The summed E-state index contributed by atoms with van der Waals surface area (Å²) in [7, 11) is -3.89. The summed E-state index contributed by atoms with van der Waals surface area (Å²) in [5.41, 5.74) is 1.24. The Morgan fingerprint density at radius 1 is 1.12 bits per heavy atom. The number of carbonyl (C=O) groups excluding carboxylic acids is 1. The van der Waals surface area contributed by atoms with E-state index in [4.69, 9.17) is 27.9 Å². The molecule has 0 saturated heterocycles. The first-order valence-electron chi connectivity index (χ1n) is 7.50. The third-order valence-electron chi connectivity index (χ3n) is 3.31. The average Bonchev–Trinajstić information content (AvgIpc) is 2.56. The van der Waals surface area contributed by atoms with Gasteiger partial charge in [0.25, 0.3) is 10.0 Å². The SMILES string of the molecule is CCCOC(=O)c1ccc(NS(=O)(=O)c2cc(C)c(Cl)cc2Cl)cc1. The third-order valence-corrected chi connectivity index (χ3v) is 5.57. The van der Waals surface area contributed by atoms with E-state index < -0.39 is 16.0 Å². The van der Waals surface area contributed by atoms with Crippen LogP contribution < -0.4 is 4.72 Å². The zero-order valence-electron chi connectivity index (χ0n) is 13.7. The lowest BCUT2D eigenvalue weighted by molar-refractivity contribution is 0.0505. The fourth-order valence-electron chi connectivity index (χ4n) is 2.00. The Hall–Kier alpha value is -1.76. The van der Waals surface area contributed by atoms with Crippen LogP contribution in [-0.2, 0) is 14.8 Å². The van der Waals surface area contributed by atoms with E-state index in [0.717, 1.165) is 6.42 Å². The minimum absolute atomic E-state index is 0.0304. The van der Waals surface area contributed by atoms with Crippen molar-refractivity contribution in [1.29, 1.82) is 0 Å². The molecule has 0 heterocycles. The number of esters is 1. The van der Waals surface area contributed by atoms with Crippen molar-refractivity contribution in [3.05, 3.63) is 57.6 Å². The second kappa shape index (κ2) is 8.08. The van der Waals surface area contributed by atoms with E-state index in [0.29, 0.717) is 28.4 Å². The predicted octanol–water partition coefficient (Wildman–Crippen LogP) is 4.67. The predicted molar refractivity (Wildman–Crippen MR) is 99.0 cm³/mol. The number of hydrogen-bond donors (Lipinski definition) is 1. The van der Waals surface area contributed by atoms with Gasteiger partial charge in [0.1, 0.15) is 4.90 Å². The van der Waals surface area contributed by atoms with Gasteiger partial charge in [-0.3, -0.25) is 4.72 Å². The first kappa shape index (κ1) is 19.6. The number of halogens is 2. The number of hydrogen-bond acceptors (Lipinski definition) is 4. The summed E-state index contributed by atoms with van der Waals surface area (Å²) in [4.78, 5) is 11.7. The molecule has 0 saturated carbocycles. The summed E-state index contributed by atoms with van der Waals surface area (Å²) < 4.78 is 32.5. The molecule has 0 atom stereocenters. The lowest BCUT2D eigenvalue weighted by Gasteiger charge is -2.11. The first-order chi connectivity index (χ1) is 11.7. The molecule has 0 spiro atoms. The van der Waals surface area contributed by atoms with Crippen LogP contribution in [0.15, 0.2) is 41.3 Å². The number of nitrogens with one attached hydrogen (secondary N) is 1. The van der Waals surface area contributed by atoms with Crippen LogP contribution in [0.5, 0.6) is 0 Å². The highest BCUT2D eigenvalue weighted by molar-refractivity contribution is 7.92. The van der Waals surface area contributed by atoms with Crippen LogP contribution in [0, 0.1) is 6.92 Å². The number of aryl methyl sites for hydroxylation is 1. The molecule has 0 fully saturated rings. The van der Waals surface area contributed by atoms with Crippen molar-refractivity contribution in [3.8, 4) is 0 Å². The molecule has 5 nitrogen and oxygen atoms in total. The van der Waals surface area contributed by atoms with Gasteiger partial charge < -0.3 is 4.74 Å². The van der Waals surface area contributed by atoms with Gasteiger partial charge in [0.2, 0.25) is 0 Å². The van der Waals surface area contributed by atoms with Crippen molar-refractivity contribution >= 4 is 44.9 Å². The molecule has 25 heavy (non-hydrogen) atoms. The number of carbonyl (C=O) groups is 1. The van der Waals surface area contributed by atoms with Crippen molar-refractivity contribution in [2.45, 2.75) is 25.2 Å². The summed E-state index contributed by atoms with van der Waals surface area (Å²) >= 11 is 11.9. The van der Waals surface area contributed by atoms with E-state index in [9.17, 15) is 13.2 Å². The molecular formula is C17H17Cl2NO4S. The Labute approximate surface area is 157 Å². The van der Waals surface area contributed by atoms with Gasteiger partial charge in [-0.15, -0.1) is 0 Å². The van der Waals surface area contributed by atoms with Gasteiger partial charge in [-0.25, -0.2) is 13.2 Å².